The second-order valence-electron chi connectivity index (χ2n) is 5.01. The average molecular weight is 340 g/mol. The molecule has 1 heterocycles. The fourth-order valence-electron chi connectivity index (χ4n) is 1.99. The Bertz CT molecular complexity index is 748. The molecule has 1 aromatic heterocycles. The lowest BCUT2D eigenvalue weighted by Crippen LogP contribution is -2.30. The van der Waals surface area contributed by atoms with Crippen LogP contribution in [0.5, 0.6) is 11.6 Å². The van der Waals surface area contributed by atoms with Crippen LogP contribution in [0.3, 0.4) is 0 Å². The number of carbonyl (C=O) groups is 1. The summed E-state index contributed by atoms with van der Waals surface area (Å²) in [4.78, 5) is 16.7. The number of pyridine rings is 1. The predicted molar refractivity (Wildman–Crippen MR) is 81.7 cm³/mol. The summed E-state index contributed by atoms with van der Waals surface area (Å²) < 4.78 is 44.9. The summed E-state index contributed by atoms with van der Waals surface area (Å²) in [5, 5.41) is 0. The van der Waals surface area contributed by atoms with Crippen molar-refractivity contribution in [3.63, 3.8) is 0 Å². The second kappa shape index (κ2) is 6.75. The van der Waals surface area contributed by atoms with Gasteiger partial charge in [-0.05, 0) is 24.3 Å². The van der Waals surface area contributed by atoms with Crippen molar-refractivity contribution in [1.82, 2.24) is 10.4 Å². The molecule has 2 rings (SSSR count). The number of anilines is 1. The summed E-state index contributed by atoms with van der Waals surface area (Å²) in [6.45, 7) is 0. The van der Waals surface area contributed by atoms with Gasteiger partial charge in [0.05, 0.1) is 5.56 Å². The summed E-state index contributed by atoms with van der Waals surface area (Å²) in [6.07, 6.45) is -4.53. The number of nitrogen functional groups attached to an aromatic ring is 1. The molecular weight excluding hydrogens is 325 g/mol. The molecule has 0 spiro atoms. The number of amides is 1. The van der Waals surface area contributed by atoms with Crippen LogP contribution in [0, 0.1) is 0 Å². The van der Waals surface area contributed by atoms with E-state index in [1.807, 2.05) is 5.43 Å². The highest BCUT2D eigenvalue weighted by molar-refractivity contribution is 5.91. The van der Waals surface area contributed by atoms with Crippen LogP contribution in [-0.2, 0) is 6.18 Å². The van der Waals surface area contributed by atoms with Crippen molar-refractivity contribution in [2.24, 2.45) is 5.84 Å². The number of carbonyl (C=O) groups excluding carboxylic acids is 1. The zero-order valence-corrected chi connectivity index (χ0v) is 12.9. The first-order chi connectivity index (χ1) is 11.2. The van der Waals surface area contributed by atoms with Crippen molar-refractivity contribution >= 4 is 11.6 Å². The molecule has 0 aliphatic rings. The molecule has 0 aliphatic carbocycles. The second-order valence-corrected chi connectivity index (χ2v) is 5.01. The van der Waals surface area contributed by atoms with E-state index in [1.54, 1.807) is 0 Å². The Kier molecular flexibility index (Phi) is 4.93. The van der Waals surface area contributed by atoms with Crippen LogP contribution >= 0.6 is 0 Å². The van der Waals surface area contributed by atoms with Crippen LogP contribution in [-0.4, -0.2) is 25.0 Å². The summed E-state index contributed by atoms with van der Waals surface area (Å²) in [5.41, 5.74) is 1.07. The summed E-state index contributed by atoms with van der Waals surface area (Å²) in [7, 11) is 3.03. The van der Waals surface area contributed by atoms with E-state index >= 15 is 0 Å². The number of halogens is 3. The molecule has 128 valence electrons. The average Bonchev–Trinajstić information content (AvgIpc) is 2.53. The minimum absolute atomic E-state index is 0.0130. The first-order valence-electron chi connectivity index (χ1n) is 6.77. The van der Waals surface area contributed by atoms with E-state index < -0.39 is 17.6 Å². The molecule has 0 radical (unpaired) electrons. The maximum atomic E-state index is 13.2. The van der Waals surface area contributed by atoms with Gasteiger partial charge >= 0.3 is 6.18 Å². The molecule has 0 saturated carbocycles. The minimum atomic E-state index is -4.53. The molecule has 1 amide bonds. The molecule has 2 aromatic rings. The van der Waals surface area contributed by atoms with Crippen LogP contribution in [0.25, 0.3) is 0 Å². The lowest BCUT2D eigenvalue weighted by Gasteiger charge is -2.20. The normalized spacial score (nSPS) is 11.1. The first-order valence-corrected chi connectivity index (χ1v) is 6.77. The van der Waals surface area contributed by atoms with Gasteiger partial charge in [0, 0.05) is 25.8 Å². The highest BCUT2D eigenvalue weighted by Gasteiger charge is 2.34. The fraction of sp³-hybridized carbons (Fsp3) is 0.200. The van der Waals surface area contributed by atoms with E-state index in [9.17, 15) is 18.0 Å². The van der Waals surface area contributed by atoms with Crippen molar-refractivity contribution in [3.05, 3.63) is 47.7 Å². The number of ether oxygens (including phenoxy) is 1. The number of hydrogen-bond donors (Lipinski definition) is 2. The number of alkyl halides is 3. The number of hydrazine groups is 1. The molecule has 0 unspecified atom stereocenters. The van der Waals surface area contributed by atoms with Crippen LogP contribution in [0.4, 0.5) is 18.9 Å². The molecule has 9 heteroatoms. The van der Waals surface area contributed by atoms with Crippen molar-refractivity contribution < 1.29 is 22.7 Å². The number of hydrogen-bond acceptors (Lipinski definition) is 5. The molecule has 3 N–H and O–H groups in total. The van der Waals surface area contributed by atoms with Gasteiger partial charge in [-0.2, -0.15) is 13.2 Å². The zero-order chi connectivity index (χ0) is 17.9. The Hall–Kier alpha value is -2.81. The van der Waals surface area contributed by atoms with Crippen LogP contribution < -0.4 is 20.9 Å². The van der Waals surface area contributed by atoms with E-state index in [4.69, 9.17) is 10.6 Å². The summed E-state index contributed by atoms with van der Waals surface area (Å²) in [6, 6.07) is 7.86. The molecule has 0 saturated heterocycles. The summed E-state index contributed by atoms with van der Waals surface area (Å²) in [5.74, 6) is 4.29. The molecule has 0 fully saturated rings. The topological polar surface area (TPSA) is 80.5 Å². The lowest BCUT2D eigenvalue weighted by atomic mass is 10.1. The molecule has 6 nitrogen and oxygen atoms in total. The van der Waals surface area contributed by atoms with Crippen molar-refractivity contribution in [2.45, 2.75) is 6.18 Å². The molecule has 0 aliphatic heterocycles. The molecule has 0 atom stereocenters. The lowest BCUT2D eigenvalue weighted by molar-refractivity contribution is -0.137. The summed E-state index contributed by atoms with van der Waals surface area (Å²) >= 11 is 0. The van der Waals surface area contributed by atoms with Gasteiger partial charge in [0.1, 0.15) is 11.4 Å². The number of rotatable bonds is 4. The highest BCUT2D eigenvalue weighted by Crippen LogP contribution is 2.38. The van der Waals surface area contributed by atoms with Gasteiger partial charge in [-0.15, -0.1) is 0 Å². The maximum Gasteiger partial charge on any atom is 0.418 e. The Labute approximate surface area is 136 Å². The third kappa shape index (κ3) is 3.93. The van der Waals surface area contributed by atoms with Crippen LogP contribution in [0.2, 0.25) is 0 Å². The van der Waals surface area contributed by atoms with E-state index in [0.29, 0.717) is 0 Å². The molecule has 1 aromatic carbocycles. The predicted octanol–water partition coefficient (Wildman–Crippen LogP) is 2.56. The van der Waals surface area contributed by atoms with Crippen LogP contribution in [0.15, 0.2) is 36.4 Å². The zero-order valence-electron chi connectivity index (χ0n) is 12.9. The largest absolute Gasteiger partial charge is 0.439 e. The van der Waals surface area contributed by atoms with E-state index in [0.717, 1.165) is 6.07 Å². The van der Waals surface area contributed by atoms with E-state index in [1.165, 1.54) is 49.3 Å². The third-order valence-corrected chi connectivity index (χ3v) is 3.06. The number of nitrogens with zero attached hydrogens (tertiary/aromatic N) is 2. The van der Waals surface area contributed by atoms with Gasteiger partial charge in [0.2, 0.25) is 5.88 Å². The molecular formula is C15H15F3N4O2. The fourth-order valence-corrected chi connectivity index (χ4v) is 1.99. The number of benzene rings is 1. The molecule has 24 heavy (non-hydrogen) atoms. The van der Waals surface area contributed by atoms with Crippen molar-refractivity contribution in [2.75, 3.05) is 19.0 Å². The van der Waals surface area contributed by atoms with Crippen molar-refractivity contribution in [3.8, 4) is 11.6 Å². The smallest absolute Gasteiger partial charge is 0.418 e. The van der Waals surface area contributed by atoms with E-state index in [2.05, 4.69) is 4.98 Å². The third-order valence-electron chi connectivity index (χ3n) is 3.06. The Balaban J connectivity index is 2.36. The van der Waals surface area contributed by atoms with Gasteiger partial charge < -0.3 is 9.64 Å². The van der Waals surface area contributed by atoms with Gasteiger partial charge in [0.15, 0.2) is 0 Å². The highest BCUT2D eigenvalue weighted by atomic mass is 19.4. The Morgan fingerprint density at radius 1 is 1.25 bits per heavy atom. The standard InChI is InChI=1S/C15H15F3N4O2/c1-22(2)12-7-6-9(8-10(12)15(16,17)18)24-13-5-3-4-11(20-13)14(23)21-19/h3-8H,19H2,1-2H3,(H,21,23). The maximum absolute atomic E-state index is 13.2. The number of aromatic nitrogens is 1. The molecule has 0 bridgehead atoms. The Morgan fingerprint density at radius 2 is 1.96 bits per heavy atom. The van der Waals surface area contributed by atoms with Gasteiger partial charge in [0.25, 0.3) is 5.91 Å². The van der Waals surface area contributed by atoms with Gasteiger partial charge in [-0.1, -0.05) is 6.07 Å². The minimum Gasteiger partial charge on any atom is -0.439 e. The quantitative estimate of drug-likeness (QED) is 0.508. The van der Waals surface area contributed by atoms with Crippen LogP contribution in [0.1, 0.15) is 16.1 Å². The van der Waals surface area contributed by atoms with Crippen molar-refractivity contribution in [1.29, 1.82) is 0 Å². The number of nitrogens with two attached hydrogens (primary N) is 1. The van der Waals surface area contributed by atoms with Gasteiger partial charge in [-0.3, -0.25) is 10.2 Å². The van der Waals surface area contributed by atoms with Gasteiger partial charge in [-0.25, -0.2) is 10.8 Å². The Morgan fingerprint density at radius 3 is 2.54 bits per heavy atom. The first kappa shape index (κ1) is 17.5. The number of nitrogens with one attached hydrogen (secondary N) is 1. The monoisotopic (exact) mass is 340 g/mol. The SMILES string of the molecule is CN(C)c1ccc(Oc2cccc(C(=O)NN)n2)cc1C(F)(F)F. The van der Waals surface area contributed by atoms with E-state index in [-0.39, 0.29) is 23.0 Å².